The van der Waals surface area contributed by atoms with Gasteiger partial charge in [0.05, 0.1) is 12.8 Å². The fourth-order valence-corrected chi connectivity index (χ4v) is 2.03. The molecule has 0 fully saturated rings. The van der Waals surface area contributed by atoms with Crippen molar-refractivity contribution in [2.45, 2.75) is 58.7 Å². The first-order valence-electron chi connectivity index (χ1n) is 7.34. The van der Waals surface area contributed by atoms with Gasteiger partial charge < -0.3 is 9.47 Å². The Morgan fingerprint density at radius 1 is 1.05 bits per heavy atom. The molecule has 0 aliphatic carbocycles. The van der Waals surface area contributed by atoms with Crippen LogP contribution in [0.15, 0.2) is 30.3 Å². The van der Waals surface area contributed by atoms with Gasteiger partial charge in [0.2, 0.25) is 0 Å². The summed E-state index contributed by atoms with van der Waals surface area (Å²) in [6.07, 6.45) is 1.85. The van der Waals surface area contributed by atoms with Crippen molar-refractivity contribution in [3.63, 3.8) is 0 Å². The number of benzene rings is 1. The predicted octanol–water partition coefficient (Wildman–Crippen LogP) is 3.63. The van der Waals surface area contributed by atoms with Gasteiger partial charge in [-0.05, 0) is 25.8 Å². The van der Waals surface area contributed by atoms with E-state index in [4.69, 9.17) is 9.47 Å². The van der Waals surface area contributed by atoms with Crippen molar-refractivity contribution in [2.75, 3.05) is 0 Å². The number of ether oxygens (including phenoxy) is 2. The molecule has 0 aromatic heterocycles. The first-order chi connectivity index (χ1) is 9.93. The summed E-state index contributed by atoms with van der Waals surface area (Å²) in [5.41, 5.74) is 0.456. The third kappa shape index (κ3) is 7.49. The van der Waals surface area contributed by atoms with E-state index in [1.807, 2.05) is 51.1 Å². The van der Waals surface area contributed by atoms with Crippen LogP contribution in [0.5, 0.6) is 0 Å². The van der Waals surface area contributed by atoms with Crippen LogP contribution >= 0.6 is 0 Å². The maximum atomic E-state index is 11.7. The fraction of sp³-hybridized carbons (Fsp3) is 0.529. The molecule has 21 heavy (non-hydrogen) atoms. The minimum Gasteiger partial charge on any atom is -0.461 e. The summed E-state index contributed by atoms with van der Waals surface area (Å²) in [5, 5.41) is 0. The lowest BCUT2D eigenvalue weighted by Gasteiger charge is -2.24. The molecule has 4 heteroatoms. The smallest absolute Gasteiger partial charge is 0.306 e. The second-order valence-electron chi connectivity index (χ2n) is 5.63. The summed E-state index contributed by atoms with van der Waals surface area (Å²) < 4.78 is 10.5. The molecule has 0 N–H and O–H groups in total. The van der Waals surface area contributed by atoms with E-state index in [9.17, 15) is 9.59 Å². The molecule has 116 valence electrons. The standard InChI is InChI=1S/C17H24O4/c1-4-12-17(2,3)21-16(19)11-10-15(18)20-13-14-8-6-5-7-9-14/h5-9H,4,10-13H2,1-3H3. The molecule has 1 rings (SSSR count). The molecule has 0 radical (unpaired) electrons. The van der Waals surface area contributed by atoms with Gasteiger partial charge in [0.1, 0.15) is 12.2 Å². The summed E-state index contributed by atoms with van der Waals surface area (Å²) in [4.78, 5) is 23.3. The van der Waals surface area contributed by atoms with Gasteiger partial charge >= 0.3 is 11.9 Å². The van der Waals surface area contributed by atoms with Gasteiger partial charge in [0.25, 0.3) is 0 Å². The molecule has 1 aromatic rings. The van der Waals surface area contributed by atoms with Crippen LogP contribution in [0.4, 0.5) is 0 Å². The van der Waals surface area contributed by atoms with E-state index in [0.717, 1.165) is 18.4 Å². The highest BCUT2D eigenvalue weighted by atomic mass is 16.6. The van der Waals surface area contributed by atoms with Crippen LogP contribution in [0.25, 0.3) is 0 Å². The lowest BCUT2D eigenvalue weighted by Crippen LogP contribution is -2.28. The topological polar surface area (TPSA) is 52.6 Å². The predicted molar refractivity (Wildman–Crippen MR) is 80.6 cm³/mol. The van der Waals surface area contributed by atoms with E-state index < -0.39 is 5.60 Å². The minimum atomic E-state index is -0.472. The Morgan fingerprint density at radius 2 is 1.67 bits per heavy atom. The molecule has 4 nitrogen and oxygen atoms in total. The van der Waals surface area contributed by atoms with Crippen LogP contribution in [0.3, 0.4) is 0 Å². The van der Waals surface area contributed by atoms with Gasteiger partial charge in [-0.2, -0.15) is 0 Å². The summed E-state index contributed by atoms with van der Waals surface area (Å²) in [7, 11) is 0. The highest BCUT2D eigenvalue weighted by Crippen LogP contribution is 2.17. The minimum absolute atomic E-state index is 0.0495. The first kappa shape index (κ1) is 17.2. The molecule has 0 atom stereocenters. The van der Waals surface area contributed by atoms with Gasteiger partial charge in [0.15, 0.2) is 0 Å². The summed E-state index contributed by atoms with van der Waals surface area (Å²) >= 11 is 0. The zero-order valence-electron chi connectivity index (χ0n) is 13.1. The normalized spacial score (nSPS) is 11.0. The molecule has 0 aliphatic heterocycles. The van der Waals surface area contributed by atoms with E-state index in [2.05, 4.69) is 0 Å². The average Bonchev–Trinajstić information content (AvgIpc) is 2.43. The maximum Gasteiger partial charge on any atom is 0.306 e. The Bertz CT molecular complexity index is 451. The molecule has 0 saturated carbocycles. The molecule has 0 spiro atoms. The molecule has 0 amide bonds. The van der Waals surface area contributed by atoms with Crippen LogP contribution in [0.1, 0.15) is 52.0 Å². The highest BCUT2D eigenvalue weighted by molar-refractivity contribution is 5.77. The molecule has 0 unspecified atom stereocenters. The monoisotopic (exact) mass is 292 g/mol. The third-order valence-electron chi connectivity index (χ3n) is 3.02. The van der Waals surface area contributed by atoms with Gasteiger partial charge in [-0.3, -0.25) is 9.59 Å². The van der Waals surface area contributed by atoms with Crippen LogP contribution in [0, 0.1) is 0 Å². The molecular weight excluding hydrogens is 268 g/mol. The van der Waals surface area contributed by atoms with Crippen molar-refractivity contribution in [2.24, 2.45) is 0 Å². The van der Waals surface area contributed by atoms with Gasteiger partial charge in [-0.25, -0.2) is 0 Å². The van der Waals surface area contributed by atoms with E-state index in [0.29, 0.717) is 0 Å². The van der Waals surface area contributed by atoms with Crippen LogP contribution in [-0.4, -0.2) is 17.5 Å². The van der Waals surface area contributed by atoms with Crippen molar-refractivity contribution in [3.05, 3.63) is 35.9 Å². The number of carbonyl (C=O) groups is 2. The number of hydrogen-bond acceptors (Lipinski definition) is 4. The molecule has 0 aliphatic rings. The molecule has 0 heterocycles. The van der Waals surface area contributed by atoms with E-state index >= 15 is 0 Å². The molecule has 1 aromatic carbocycles. The molecule has 0 saturated heterocycles. The second-order valence-corrected chi connectivity index (χ2v) is 5.63. The van der Waals surface area contributed by atoms with Crippen molar-refractivity contribution in [3.8, 4) is 0 Å². The Hall–Kier alpha value is -1.84. The third-order valence-corrected chi connectivity index (χ3v) is 3.02. The quantitative estimate of drug-likeness (QED) is 0.686. The van der Waals surface area contributed by atoms with E-state index in [-0.39, 0.29) is 31.4 Å². The SMILES string of the molecule is CCCC(C)(C)OC(=O)CCC(=O)OCc1ccccc1. The first-order valence-corrected chi connectivity index (χ1v) is 7.34. The van der Waals surface area contributed by atoms with E-state index in [1.165, 1.54) is 0 Å². The number of rotatable bonds is 8. The zero-order chi connectivity index (χ0) is 15.7. The van der Waals surface area contributed by atoms with E-state index in [1.54, 1.807) is 0 Å². The lowest BCUT2D eigenvalue weighted by atomic mass is 10.0. The Labute approximate surface area is 126 Å². The fourth-order valence-electron chi connectivity index (χ4n) is 2.03. The lowest BCUT2D eigenvalue weighted by molar-refractivity contribution is -0.160. The van der Waals surface area contributed by atoms with Gasteiger partial charge in [-0.1, -0.05) is 43.7 Å². The highest BCUT2D eigenvalue weighted by Gasteiger charge is 2.22. The number of carbonyl (C=O) groups excluding carboxylic acids is 2. The summed E-state index contributed by atoms with van der Waals surface area (Å²) in [5.74, 6) is -0.741. The van der Waals surface area contributed by atoms with Gasteiger partial charge in [0, 0.05) is 0 Å². The number of hydrogen-bond donors (Lipinski definition) is 0. The molecule has 0 bridgehead atoms. The Balaban J connectivity index is 2.25. The van der Waals surface area contributed by atoms with Crippen molar-refractivity contribution in [1.29, 1.82) is 0 Å². The zero-order valence-corrected chi connectivity index (χ0v) is 13.1. The summed E-state index contributed by atoms with van der Waals surface area (Å²) in [6.45, 7) is 6.02. The summed E-state index contributed by atoms with van der Waals surface area (Å²) in [6, 6.07) is 9.44. The van der Waals surface area contributed by atoms with Crippen molar-refractivity contribution in [1.82, 2.24) is 0 Å². The van der Waals surface area contributed by atoms with Crippen molar-refractivity contribution >= 4 is 11.9 Å². The Kier molecular flexibility index (Phi) is 6.92. The maximum absolute atomic E-state index is 11.7. The van der Waals surface area contributed by atoms with Crippen LogP contribution in [0.2, 0.25) is 0 Å². The van der Waals surface area contributed by atoms with Crippen LogP contribution < -0.4 is 0 Å². The largest absolute Gasteiger partial charge is 0.461 e. The molecular formula is C17H24O4. The number of esters is 2. The second kappa shape index (κ2) is 8.45. The van der Waals surface area contributed by atoms with Gasteiger partial charge in [-0.15, -0.1) is 0 Å². The van der Waals surface area contributed by atoms with Crippen molar-refractivity contribution < 1.29 is 19.1 Å². The average molecular weight is 292 g/mol. The van der Waals surface area contributed by atoms with Crippen LogP contribution in [-0.2, 0) is 25.7 Å². The Morgan fingerprint density at radius 3 is 2.29 bits per heavy atom.